The smallest absolute Gasteiger partial charge is 0.0701 e. The zero-order valence-corrected chi connectivity index (χ0v) is 12.7. The van der Waals surface area contributed by atoms with Crippen LogP contribution in [-0.2, 0) is 11.3 Å². The highest BCUT2D eigenvalue weighted by molar-refractivity contribution is 9.11. The van der Waals surface area contributed by atoms with Crippen LogP contribution in [0.3, 0.4) is 0 Å². The van der Waals surface area contributed by atoms with Crippen LogP contribution in [-0.4, -0.2) is 37.2 Å². The van der Waals surface area contributed by atoms with Crippen molar-refractivity contribution in [2.24, 2.45) is 5.73 Å². The molecule has 0 amide bonds. The monoisotopic (exact) mass is 318 g/mol. The maximum atomic E-state index is 5.94. The molecule has 17 heavy (non-hydrogen) atoms. The highest BCUT2D eigenvalue weighted by Gasteiger charge is 2.46. The van der Waals surface area contributed by atoms with Crippen LogP contribution in [0.25, 0.3) is 0 Å². The largest absolute Gasteiger partial charge is 0.381 e. The van der Waals surface area contributed by atoms with E-state index in [0.717, 1.165) is 19.4 Å². The van der Waals surface area contributed by atoms with Crippen LogP contribution in [0.5, 0.6) is 0 Å². The van der Waals surface area contributed by atoms with Gasteiger partial charge in [-0.3, -0.25) is 4.90 Å². The molecule has 1 fully saturated rings. The predicted molar refractivity (Wildman–Crippen MR) is 75.3 cm³/mol. The van der Waals surface area contributed by atoms with Gasteiger partial charge in [-0.05, 0) is 52.8 Å². The second-order valence-electron chi connectivity index (χ2n) is 4.81. The molecule has 1 aromatic heterocycles. The summed E-state index contributed by atoms with van der Waals surface area (Å²) in [6, 6.07) is 2.18. The number of methoxy groups -OCH3 is 1. The summed E-state index contributed by atoms with van der Waals surface area (Å²) in [5.74, 6) is 0. The minimum Gasteiger partial charge on any atom is -0.381 e. The molecule has 1 aromatic rings. The Kier molecular flexibility index (Phi) is 4.26. The van der Waals surface area contributed by atoms with E-state index in [1.54, 1.807) is 18.4 Å². The van der Waals surface area contributed by atoms with Crippen molar-refractivity contribution in [1.29, 1.82) is 0 Å². The number of hydrogen-bond acceptors (Lipinski definition) is 4. The summed E-state index contributed by atoms with van der Waals surface area (Å²) in [7, 11) is 3.94. The topological polar surface area (TPSA) is 38.5 Å². The van der Waals surface area contributed by atoms with Crippen LogP contribution in [0.1, 0.15) is 18.4 Å². The molecule has 0 spiro atoms. The summed E-state index contributed by atoms with van der Waals surface area (Å²) in [6.45, 7) is 1.66. The molecule has 2 rings (SSSR count). The van der Waals surface area contributed by atoms with Gasteiger partial charge >= 0.3 is 0 Å². The van der Waals surface area contributed by atoms with Crippen LogP contribution < -0.4 is 5.73 Å². The van der Waals surface area contributed by atoms with Gasteiger partial charge in [0.1, 0.15) is 0 Å². The Morgan fingerprint density at radius 3 is 2.82 bits per heavy atom. The Bertz CT molecular complexity index is 376. The minimum absolute atomic E-state index is 0.134. The van der Waals surface area contributed by atoms with Crippen LogP contribution in [0.15, 0.2) is 15.2 Å². The molecule has 5 heteroatoms. The van der Waals surface area contributed by atoms with Gasteiger partial charge in [0.05, 0.1) is 9.89 Å². The van der Waals surface area contributed by atoms with Gasteiger partial charge in [0.15, 0.2) is 0 Å². The van der Waals surface area contributed by atoms with E-state index >= 15 is 0 Å². The third kappa shape index (κ3) is 2.74. The van der Waals surface area contributed by atoms with E-state index in [2.05, 4.69) is 39.3 Å². The second-order valence-corrected chi connectivity index (χ2v) is 7.10. The van der Waals surface area contributed by atoms with E-state index in [4.69, 9.17) is 10.5 Å². The van der Waals surface area contributed by atoms with E-state index < -0.39 is 0 Å². The van der Waals surface area contributed by atoms with Gasteiger partial charge in [-0.2, -0.15) is 0 Å². The third-order valence-electron chi connectivity index (χ3n) is 3.78. The van der Waals surface area contributed by atoms with Crippen molar-refractivity contribution in [1.82, 2.24) is 4.90 Å². The average Bonchev–Trinajstić information content (AvgIpc) is 2.64. The van der Waals surface area contributed by atoms with Gasteiger partial charge in [0, 0.05) is 25.7 Å². The Labute approximate surface area is 115 Å². The maximum Gasteiger partial charge on any atom is 0.0701 e. The molecule has 1 aliphatic carbocycles. The fourth-order valence-corrected chi connectivity index (χ4v) is 3.66. The first-order valence-corrected chi connectivity index (χ1v) is 7.44. The van der Waals surface area contributed by atoms with E-state index in [9.17, 15) is 0 Å². The number of thiophene rings is 1. The Balaban J connectivity index is 1.97. The molecule has 0 aliphatic heterocycles. The summed E-state index contributed by atoms with van der Waals surface area (Å²) >= 11 is 5.23. The Morgan fingerprint density at radius 2 is 2.35 bits per heavy atom. The second kappa shape index (κ2) is 5.36. The van der Waals surface area contributed by atoms with Crippen molar-refractivity contribution in [2.45, 2.75) is 31.0 Å². The van der Waals surface area contributed by atoms with Gasteiger partial charge in [-0.25, -0.2) is 0 Å². The molecular formula is C12H19BrN2OS. The highest BCUT2D eigenvalue weighted by Crippen LogP contribution is 2.39. The lowest BCUT2D eigenvalue weighted by molar-refractivity contribution is -0.0811. The van der Waals surface area contributed by atoms with Crippen LogP contribution in [0.2, 0.25) is 0 Å². The fourth-order valence-electron chi connectivity index (χ4n) is 2.46. The highest BCUT2D eigenvalue weighted by atomic mass is 79.9. The summed E-state index contributed by atoms with van der Waals surface area (Å²) in [5, 5.41) is 2.19. The van der Waals surface area contributed by atoms with Crippen molar-refractivity contribution < 1.29 is 4.74 Å². The Hall–Kier alpha value is 0.0600. The van der Waals surface area contributed by atoms with E-state index in [0.29, 0.717) is 12.6 Å². The predicted octanol–water partition coefficient (Wildman–Crippen LogP) is 2.45. The molecule has 2 N–H and O–H groups in total. The molecule has 1 heterocycles. The van der Waals surface area contributed by atoms with Crippen molar-refractivity contribution >= 4 is 27.3 Å². The normalized spacial score (nSPS) is 28.4. The Morgan fingerprint density at radius 1 is 1.65 bits per heavy atom. The SMILES string of the molecule is COC1CC(CN)(N(C)Cc2csc(Br)c2)C1. The number of nitrogens with two attached hydrogens (primary N) is 1. The van der Waals surface area contributed by atoms with Gasteiger partial charge in [0.2, 0.25) is 0 Å². The van der Waals surface area contributed by atoms with Crippen molar-refractivity contribution in [3.05, 3.63) is 20.8 Å². The van der Waals surface area contributed by atoms with Gasteiger partial charge in [-0.1, -0.05) is 0 Å². The number of rotatable bonds is 5. The number of halogens is 1. The van der Waals surface area contributed by atoms with Crippen LogP contribution in [0, 0.1) is 0 Å². The summed E-state index contributed by atoms with van der Waals surface area (Å²) in [4.78, 5) is 2.37. The molecule has 0 aromatic carbocycles. The van der Waals surface area contributed by atoms with E-state index in [-0.39, 0.29) is 5.54 Å². The number of likely N-dealkylation sites (N-methyl/N-ethyl adjacent to an activating group) is 1. The number of hydrogen-bond donors (Lipinski definition) is 1. The third-order valence-corrected chi connectivity index (χ3v) is 5.33. The molecule has 0 atom stereocenters. The molecule has 0 unspecified atom stereocenters. The molecular weight excluding hydrogens is 300 g/mol. The van der Waals surface area contributed by atoms with Crippen LogP contribution >= 0.6 is 27.3 Å². The molecule has 3 nitrogen and oxygen atoms in total. The van der Waals surface area contributed by atoms with Crippen molar-refractivity contribution in [3.8, 4) is 0 Å². The summed E-state index contributed by atoms with van der Waals surface area (Å²) in [6.07, 6.45) is 2.47. The molecule has 0 bridgehead atoms. The zero-order valence-electron chi connectivity index (χ0n) is 10.3. The van der Waals surface area contributed by atoms with Crippen molar-refractivity contribution in [3.63, 3.8) is 0 Å². The standard InChI is InChI=1S/C12H19BrN2OS/c1-15(6-9-3-11(13)17-7-9)12(8-14)4-10(5-12)16-2/h3,7,10H,4-6,8,14H2,1-2H3. The number of nitrogens with zero attached hydrogens (tertiary/aromatic N) is 1. The average molecular weight is 319 g/mol. The first-order valence-electron chi connectivity index (χ1n) is 5.76. The molecule has 96 valence electrons. The summed E-state index contributed by atoms with van der Waals surface area (Å²) < 4.78 is 6.55. The lowest BCUT2D eigenvalue weighted by atomic mass is 9.73. The molecule has 1 saturated carbocycles. The van der Waals surface area contributed by atoms with E-state index in [1.807, 2.05) is 0 Å². The fraction of sp³-hybridized carbons (Fsp3) is 0.667. The lowest BCUT2D eigenvalue weighted by Crippen LogP contribution is -2.62. The minimum atomic E-state index is 0.134. The maximum absolute atomic E-state index is 5.94. The molecule has 1 aliphatic rings. The lowest BCUT2D eigenvalue weighted by Gasteiger charge is -2.52. The van der Waals surface area contributed by atoms with Crippen LogP contribution in [0.4, 0.5) is 0 Å². The first-order chi connectivity index (χ1) is 8.09. The van der Waals surface area contributed by atoms with Gasteiger partial charge < -0.3 is 10.5 Å². The molecule has 0 radical (unpaired) electrons. The summed E-state index contributed by atoms with van der Waals surface area (Å²) in [5.41, 5.74) is 7.42. The number of ether oxygens (including phenoxy) is 1. The quantitative estimate of drug-likeness (QED) is 0.906. The van der Waals surface area contributed by atoms with Crippen molar-refractivity contribution in [2.75, 3.05) is 20.7 Å². The van der Waals surface area contributed by atoms with E-state index in [1.165, 1.54) is 9.35 Å². The zero-order chi connectivity index (χ0) is 12.5. The first kappa shape index (κ1) is 13.5. The molecule has 0 saturated heterocycles. The van der Waals surface area contributed by atoms with Gasteiger partial charge in [-0.15, -0.1) is 11.3 Å². The van der Waals surface area contributed by atoms with Gasteiger partial charge in [0.25, 0.3) is 0 Å².